The predicted octanol–water partition coefficient (Wildman–Crippen LogP) is 2.81. The SMILES string of the molecule is O=C(Cn1nc(-n2cccn2)ccc1=O)Nc1ccc(Nc2ccccc2)cc1. The monoisotopic (exact) mass is 386 g/mol. The largest absolute Gasteiger partial charge is 0.356 e. The summed E-state index contributed by atoms with van der Waals surface area (Å²) in [5, 5.41) is 14.3. The van der Waals surface area contributed by atoms with Crippen molar-refractivity contribution in [3.8, 4) is 5.82 Å². The number of hydrogen-bond donors (Lipinski definition) is 2. The molecule has 0 radical (unpaired) electrons. The van der Waals surface area contributed by atoms with Gasteiger partial charge in [0.15, 0.2) is 5.82 Å². The molecule has 0 bridgehead atoms. The Morgan fingerprint density at radius 2 is 1.59 bits per heavy atom. The first-order chi connectivity index (χ1) is 14.2. The first-order valence-corrected chi connectivity index (χ1v) is 8.97. The zero-order valence-electron chi connectivity index (χ0n) is 15.4. The van der Waals surface area contributed by atoms with E-state index in [1.165, 1.54) is 10.7 Å². The lowest BCUT2D eigenvalue weighted by molar-refractivity contribution is -0.117. The summed E-state index contributed by atoms with van der Waals surface area (Å²) in [5.74, 6) is 0.111. The average Bonchev–Trinajstić information content (AvgIpc) is 3.27. The third-order valence-corrected chi connectivity index (χ3v) is 4.12. The molecule has 8 heteroatoms. The van der Waals surface area contributed by atoms with E-state index in [9.17, 15) is 9.59 Å². The van der Waals surface area contributed by atoms with E-state index >= 15 is 0 Å². The number of rotatable bonds is 6. The zero-order chi connectivity index (χ0) is 20.1. The average molecular weight is 386 g/mol. The van der Waals surface area contributed by atoms with E-state index < -0.39 is 0 Å². The van der Waals surface area contributed by atoms with Crippen LogP contribution in [0.5, 0.6) is 0 Å². The summed E-state index contributed by atoms with van der Waals surface area (Å²) in [6.07, 6.45) is 3.32. The molecule has 0 saturated carbocycles. The number of nitrogens with zero attached hydrogens (tertiary/aromatic N) is 4. The van der Waals surface area contributed by atoms with Crippen LogP contribution in [0.3, 0.4) is 0 Å². The summed E-state index contributed by atoms with van der Waals surface area (Å²) in [4.78, 5) is 24.4. The highest BCUT2D eigenvalue weighted by Gasteiger charge is 2.08. The maximum atomic E-state index is 12.4. The lowest BCUT2D eigenvalue weighted by Crippen LogP contribution is -2.30. The second kappa shape index (κ2) is 8.22. The minimum absolute atomic E-state index is 0.196. The number of aromatic nitrogens is 4. The minimum Gasteiger partial charge on any atom is -0.356 e. The smallest absolute Gasteiger partial charge is 0.267 e. The van der Waals surface area contributed by atoms with Crippen molar-refractivity contribution in [2.45, 2.75) is 6.54 Å². The Hall–Kier alpha value is -4.20. The topological polar surface area (TPSA) is 93.8 Å². The molecule has 0 aliphatic carbocycles. The highest BCUT2D eigenvalue weighted by molar-refractivity contribution is 5.90. The van der Waals surface area contributed by atoms with Crippen molar-refractivity contribution in [1.29, 1.82) is 0 Å². The second-order valence-electron chi connectivity index (χ2n) is 6.25. The molecule has 144 valence electrons. The van der Waals surface area contributed by atoms with Gasteiger partial charge in [-0.15, -0.1) is 5.10 Å². The Kier molecular flexibility index (Phi) is 5.15. The molecule has 4 aromatic rings. The number of amides is 1. The van der Waals surface area contributed by atoms with Gasteiger partial charge in [0.2, 0.25) is 5.91 Å². The van der Waals surface area contributed by atoms with Gasteiger partial charge in [0.1, 0.15) is 6.54 Å². The number of nitrogens with one attached hydrogen (secondary N) is 2. The van der Waals surface area contributed by atoms with E-state index in [0.717, 1.165) is 16.1 Å². The van der Waals surface area contributed by atoms with Gasteiger partial charge in [0.05, 0.1) is 0 Å². The third-order valence-electron chi connectivity index (χ3n) is 4.12. The van der Waals surface area contributed by atoms with E-state index in [1.54, 1.807) is 36.7 Å². The Bertz CT molecular complexity index is 1150. The number of carbonyl (C=O) groups excluding carboxylic acids is 1. The van der Waals surface area contributed by atoms with Gasteiger partial charge in [0.25, 0.3) is 5.56 Å². The number of para-hydroxylation sites is 1. The van der Waals surface area contributed by atoms with Crippen molar-refractivity contribution >= 4 is 23.0 Å². The van der Waals surface area contributed by atoms with Gasteiger partial charge < -0.3 is 10.6 Å². The zero-order valence-corrected chi connectivity index (χ0v) is 15.4. The highest BCUT2D eigenvalue weighted by atomic mass is 16.2. The van der Waals surface area contributed by atoms with Crippen molar-refractivity contribution in [3.63, 3.8) is 0 Å². The van der Waals surface area contributed by atoms with Crippen molar-refractivity contribution < 1.29 is 4.79 Å². The van der Waals surface area contributed by atoms with Gasteiger partial charge in [-0.2, -0.15) is 5.10 Å². The van der Waals surface area contributed by atoms with Crippen LogP contribution in [0.2, 0.25) is 0 Å². The number of hydrogen-bond acceptors (Lipinski definition) is 5. The summed E-state index contributed by atoms with van der Waals surface area (Å²) in [6, 6.07) is 21.8. The molecule has 0 aliphatic heterocycles. The van der Waals surface area contributed by atoms with Crippen LogP contribution in [0.25, 0.3) is 5.82 Å². The summed E-state index contributed by atoms with van der Waals surface area (Å²) < 4.78 is 2.63. The quantitative estimate of drug-likeness (QED) is 0.531. The van der Waals surface area contributed by atoms with E-state index in [4.69, 9.17) is 0 Å². The standard InChI is InChI=1S/C21H18N6O2/c28-20(15-27-21(29)12-11-19(25-27)26-14-4-13-22-26)24-18-9-7-17(8-10-18)23-16-5-2-1-3-6-16/h1-14,23H,15H2,(H,24,28). The van der Waals surface area contributed by atoms with Gasteiger partial charge in [-0.25, -0.2) is 9.36 Å². The molecular weight excluding hydrogens is 368 g/mol. The Balaban J connectivity index is 1.41. The van der Waals surface area contributed by atoms with Crippen LogP contribution in [0, 0.1) is 0 Å². The molecule has 8 nitrogen and oxygen atoms in total. The second-order valence-corrected chi connectivity index (χ2v) is 6.25. The van der Waals surface area contributed by atoms with Crippen LogP contribution in [0.4, 0.5) is 17.1 Å². The van der Waals surface area contributed by atoms with E-state index in [1.807, 2.05) is 42.5 Å². The van der Waals surface area contributed by atoms with E-state index in [0.29, 0.717) is 11.5 Å². The molecule has 2 heterocycles. The fraction of sp³-hybridized carbons (Fsp3) is 0.0476. The molecule has 2 N–H and O–H groups in total. The molecule has 0 atom stereocenters. The first-order valence-electron chi connectivity index (χ1n) is 8.97. The van der Waals surface area contributed by atoms with Crippen molar-refractivity contribution in [3.05, 3.63) is 95.5 Å². The Labute approximate surface area is 166 Å². The first kappa shape index (κ1) is 18.2. The molecule has 0 unspecified atom stereocenters. The Morgan fingerprint density at radius 3 is 2.31 bits per heavy atom. The number of anilines is 3. The van der Waals surface area contributed by atoms with Crippen LogP contribution < -0.4 is 16.2 Å². The summed E-state index contributed by atoms with van der Waals surface area (Å²) in [6.45, 7) is -0.196. The number of benzene rings is 2. The molecule has 1 amide bonds. The predicted molar refractivity (Wildman–Crippen MR) is 110 cm³/mol. The van der Waals surface area contributed by atoms with Crippen LogP contribution in [-0.4, -0.2) is 25.5 Å². The van der Waals surface area contributed by atoms with Crippen LogP contribution in [0.1, 0.15) is 0 Å². The molecule has 0 saturated heterocycles. The Morgan fingerprint density at radius 1 is 0.862 bits per heavy atom. The minimum atomic E-state index is -0.363. The van der Waals surface area contributed by atoms with Crippen LogP contribution in [0.15, 0.2) is 90.0 Å². The van der Waals surface area contributed by atoms with Gasteiger partial charge in [-0.1, -0.05) is 18.2 Å². The molecule has 0 aliphatic rings. The summed E-state index contributed by atoms with van der Waals surface area (Å²) in [5.41, 5.74) is 2.15. The maximum absolute atomic E-state index is 12.4. The van der Waals surface area contributed by atoms with Gasteiger partial charge in [0, 0.05) is 35.5 Å². The summed E-state index contributed by atoms with van der Waals surface area (Å²) in [7, 11) is 0. The van der Waals surface area contributed by atoms with Gasteiger partial charge in [-0.3, -0.25) is 9.59 Å². The fourth-order valence-corrected chi connectivity index (χ4v) is 2.74. The lowest BCUT2D eigenvalue weighted by Gasteiger charge is -2.10. The lowest BCUT2D eigenvalue weighted by atomic mass is 10.2. The van der Waals surface area contributed by atoms with Crippen LogP contribution >= 0.6 is 0 Å². The fourth-order valence-electron chi connectivity index (χ4n) is 2.74. The van der Waals surface area contributed by atoms with E-state index in [2.05, 4.69) is 20.8 Å². The molecule has 0 fully saturated rings. The normalized spacial score (nSPS) is 10.5. The molecule has 4 rings (SSSR count). The molecule has 0 spiro atoms. The van der Waals surface area contributed by atoms with Crippen LogP contribution in [-0.2, 0) is 11.3 Å². The molecular formula is C21H18N6O2. The number of carbonyl (C=O) groups is 1. The summed E-state index contributed by atoms with van der Waals surface area (Å²) >= 11 is 0. The van der Waals surface area contributed by atoms with Gasteiger partial charge in [-0.05, 0) is 48.5 Å². The van der Waals surface area contributed by atoms with Crippen molar-refractivity contribution in [2.75, 3.05) is 10.6 Å². The molecule has 2 aromatic heterocycles. The van der Waals surface area contributed by atoms with Crippen molar-refractivity contribution in [2.24, 2.45) is 0 Å². The van der Waals surface area contributed by atoms with Gasteiger partial charge >= 0.3 is 0 Å². The maximum Gasteiger partial charge on any atom is 0.267 e. The van der Waals surface area contributed by atoms with E-state index in [-0.39, 0.29) is 18.0 Å². The molecule has 2 aromatic carbocycles. The third kappa shape index (κ3) is 4.56. The molecule has 29 heavy (non-hydrogen) atoms. The van der Waals surface area contributed by atoms with Crippen molar-refractivity contribution in [1.82, 2.24) is 19.6 Å². The highest BCUT2D eigenvalue weighted by Crippen LogP contribution is 2.18.